The summed E-state index contributed by atoms with van der Waals surface area (Å²) in [7, 11) is 0. The van der Waals surface area contributed by atoms with Crippen LogP contribution in [0.5, 0.6) is 0 Å². The highest BCUT2D eigenvalue weighted by Gasteiger charge is 2.39. The number of carbonyl (C=O) groups excluding carboxylic acids is 3. The van der Waals surface area contributed by atoms with Gasteiger partial charge in [0.2, 0.25) is 0 Å². The van der Waals surface area contributed by atoms with Crippen LogP contribution >= 0.6 is 0 Å². The standard InChI is InChI=1S/C25H42O8/c1-3-4-7-10-19(27)13-14-22-21(23(29)15-24(22)30)11-8-5-6-9-12-25(31)33-17-20(28)16-32-18(2)26/h13-14,19-22,24,27-28,30H,3-12,15-17H2,1-2H3/b14-13+/t19-,20-,21+,22+,24+/m0/s1. The average molecular weight is 471 g/mol. The lowest BCUT2D eigenvalue weighted by Crippen LogP contribution is -2.24. The summed E-state index contributed by atoms with van der Waals surface area (Å²) in [5, 5.41) is 29.9. The predicted octanol–water partition coefficient (Wildman–Crippen LogP) is 2.86. The Bertz CT molecular complexity index is 618. The van der Waals surface area contributed by atoms with E-state index in [1.165, 1.54) is 6.92 Å². The Balaban J connectivity index is 2.24. The van der Waals surface area contributed by atoms with Gasteiger partial charge in [-0.05, 0) is 19.3 Å². The SMILES string of the molecule is CCCCC[C@H](O)/C=C/[C@H]1[C@H](O)CC(=O)[C@@H]1CCCCCCC(=O)OC[C@@H](O)COC(C)=O. The van der Waals surface area contributed by atoms with Crippen molar-refractivity contribution >= 4 is 17.7 Å². The molecule has 0 aliphatic heterocycles. The molecule has 8 nitrogen and oxygen atoms in total. The Morgan fingerprint density at radius 3 is 2.45 bits per heavy atom. The topological polar surface area (TPSA) is 130 Å². The normalized spacial score (nSPS) is 22.5. The van der Waals surface area contributed by atoms with Crippen molar-refractivity contribution in [1.82, 2.24) is 0 Å². The molecule has 1 aliphatic carbocycles. The zero-order valence-electron chi connectivity index (χ0n) is 20.1. The lowest BCUT2D eigenvalue weighted by Gasteiger charge is -2.18. The van der Waals surface area contributed by atoms with Gasteiger partial charge < -0.3 is 24.8 Å². The highest BCUT2D eigenvalue weighted by Crippen LogP contribution is 2.34. The van der Waals surface area contributed by atoms with E-state index in [0.717, 1.165) is 38.5 Å². The number of unbranched alkanes of at least 4 members (excludes halogenated alkanes) is 5. The summed E-state index contributed by atoms with van der Waals surface area (Å²) in [4.78, 5) is 34.7. The zero-order chi connectivity index (χ0) is 24.6. The maximum atomic E-state index is 12.3. The molecule has 0 aromatic carbocycles. The van der Waals surface area contributed by atoms with Crippen LogP contribution in [0.3, 0.4) is 0 Å². The molecule has 1 saturated carbocycles. The van der Waals surface area contributed by atoms with Crippen LogP contribution in [-0.4, -0.2) is 64.6 Å². The second-order valence-electron chi connectivity index (χ2n) is 8.96. The van der Waals surface area contributed by atoms with Crippen molar-refractivity contribution in [1.29, 1.82) is 0 Å². The fourth-order valence-corrected chi connectivity index (χ4v) is 4.06. The summed E-state index contributed by atoms with van der Waals surface area (Å²) in [6, 6.07) is 0. The predicted molar refractivity (Wildman–Crippen MR) is 123 cm³/mol. The maximum absolute atomic E-state index is 12.3. The minimum Gasteiger partial charge on any atom is -0.463 e. The van der Waals surface area contributed by atoms with Crippen LogP contribution in [-0.2, 0) is 23.9 Å². The van der Waals surface area contributed by atoms with Crippen LogP contribution in [0.4, 0.5) is 0 Å². The molecule has 0 aromatic rings. The first-order valence-electron chi connectivity index (χ1n) is 12.3. The lowest BCUT2D eigenvalue weighted by molar-refractivity contribution is -0.151. The third-order valence-electron chi connectivity index (χ3n) is 5.95. The van der Waals surface area contributed by atoms with Crippen LogP contribution in [0.1, 0.15) is 84.5 Å². The van der Waals surface area contributed by atoms with E-state index in [2.05, 4.69) is 11.7 Å². The zero-order valence-corrected chi connectivity index (χ0v) is 20.1. The fraction of sp³-hybridized carbons (Fsp3) is 0.800. The van der Waals surface area contributed by atoms with Gasteiger partial charge in [0.1, 0.15) is 25.1 Å². The first-order chi connectivity index (χ1) is 15.7. The van der Waals surface area contributed by atoms with Gasteiger partial charge in [0, 0.05) is 31.6 Å². The molecule has 1 fully saturated rings. The second kappa shape index (κ2) is 16.8. The number of aliphatic hydroxyl groups excluding tert-OH is 3. The Morgan fingerprint density at radius 1 is 1.06 bits per heavy atom. The summed E-state index contributed by atoms with van der Waals surface area (Å²) in [6.45, 7) is 2.94. The molecule has 0 saturated heterocycles. The minimum absolute atomic E-state index is 0.0773. The van der Waals surface area contributed by atoms with E-state index in [4.69, 9.17) is 4.74 Å². The molecular weight excluding hydrogens is 428 g/mol. The van der Waals surface area contributed by atoms with Crippen molar-refractivity contribution in [3.8, 4) is 0 Å². The molecule has 190 valence electrons. The molecule has 33 heavy (non-hydrogen) atoms. The summed E-state index contributed by atoms with van der Waals surface area (Å²) < 4.78 is 9.60. The van der Waals surface area contributed by atoms with Gasteiger partial charge in [0.15, 0.2) is 0 Å². The smallest absolute Gasteiger partial charge is 0.305 e. The van der Waals surface area contributed by atoms with Crippen LogP contribution in [0, 0.1) is 11.8 Å². The number of carbonyl (C=O) groups is 3. The molecule has 0 spiro atoms. The highest BCUT2D eigenvalue weighted by molar-refractivity contribution is 5.84. The molecule has 0 radical (unpaired) electrons. The molecule has 0 aromatic heterocycles. The largest absolute Gasteiger partial charge is 0.463 e. The average Bonchev–Trinajstić information content (AvgIpc) is 3.03. The third-order valence-corrected chi connectivity index (χ3v) is 5.95. The molecule has 0 unspecified atom stereocenters. The molecule has 0 amide bonds. The number of esters is 2. The number of ketones is 1. The van der Waals surface area contributed by atoms with Crippen LogP contribution in [0.25, 0.3) is 0 Å². The lowest BCUT2D eigenvalue weighted by atomic mass is 9.88. The van der Waals surface area contributed by atoms with Gasteiger partial charge in [-0.25, -0.2) is 0 Å². The molecular formula is C25H42O8. The monoisotopic (exact) mass is 470 g/mol. The Kier molecular flexibility index (Phi) is 14.9. The summed E-state index contributed by atoms with van der Waals surface area (Å²) in [5.74, 6) is -1.30. The van der Waals surface area contributed by atoms with Crippen LogP contribution < -0.4 is 0 Å². The van der Waals surface area contributed by atoms with Crippen LogP contribution in [0.2, 0.25) is 0 Å². The number of aliphatic hydroxyl groups is 3. The highest BCUT2D eigenvalue weighted by atomic mass is 16.6. The van der Waals surface area contributed by atoms with Gasteiger partial charge >= 0.3 is 11.9 Å². The van der Waals surface area contributed by atoms with E-state index in [1.807, 2.05) is 6.08 Å². The van der Waals surface area contributed by atoms with Gasteiger partial charge in [-0.15, -0.1) is 0 Å². The fourth-order valence-electron chi connectivity index (χ4n) is 4.06. The van der Waals surface area contributed by atoms with Crippen molar-refractivity contribution in [3.63, 3.8) is 0 Å². The first kappa shape index (κ1) is 29.3. The van der Waals surface area contributed by atoms with Gasteiger partial charge in [-0.2, -0.15) is 0 Å². The van der Waals surface area contributed by atoms with Gasteiger partial charge in [-0.3, -0.25) is 14.4 Å². The maximum Gasteiger partial charge on any atom is 0.305 e. The van der Waals surface area contributed by atoms with Crippen LogP contribution in [0.15, 0.2) is 12.2 Å². The van der Waals surface area contributed by atoms with Crippen molar-refractivity contribution in [2.45, 2.75) is 103 Å². The van der Waals surface area contributed by atoms with E-state index >= 15 is 0 Å². The number of Topliss-reactive ketones (excluding diaryl/α,β-unsaturated/α-hetero) is 1. The van der Waals surface area contributed by atoms with E-state index < -0.39 is 30.3 Å². The van der Waals surface area contributed by atoms with Gasteiger partial charge in [0.25, 0.3) is 0 Å². The molecule has 1 aliphatic rings. The minimum atomic E-state index is -1.03. The molecule has 0 bridgehead atoms. The van der Waals surface area contributed by atoms with Crippen molar-refractivity contribution in [3.05, 3.63) is 12.2 Å². The quantitative estimate of drug-likeness (QED) is 0.168. The first-order valence-corrected chi connectivity index (χ1v) is 12.3. The number of hydrogen-bond acceptors (Lipinski definition) is 8. The molecule has 5 atom stereocenters. The van der Waals surface area contributed by atoms with Gasteiger partial charge in [-0.1, -0.05) is 57.6 Å². The van der Waals surface area contributed by atoms with E-state index in [9.17, 15) is 29.7 Å². The van der Waals surface area contributed by atoms with Crippen molar-refractivity contribution in [2.75, 3.05) is 13.2 Å². The Labute approximate surface area is 197 Å². The molecule has 1 rings (SSSR count). The molecule has 3 N–H and O–H groups in total. The van der Waals surface area contributed by atoms with Gasteiger partial charge in [0.05, 0.1) is 12.2 Å². The summed E-state index contributed by atoms with van der Waals surface area (Å²) in [5.41, 5.74) is 0. The van der Waals surface area contributed by atoms with E-state index in [-0.39, 0.29) is 43.7 Å². The van der Waals surface area contributed by atoms with Crippen molar-refractivity contribution < 1.29 is 39.2 Å². The van der Waals surface area contributed by atoms with E-state index in [1.54, 1.807) is 6.08 Å². The summed E-state index contributed by atoms with van der Waals surface area (Å²) >= 11 is 0. The van der Waals surface area contributed by atoms with Crippen molar-refractivity contribution in [2.24, 2.45) is 11.8 Å². The molecule has 0 heterocycles. The number of ether oxygens (including phenoxy) is 2. The number of hydrogen-bond donors (Lipinski definition) is 3. The Hall–Kier alpha value is -1.77. The summed E-state index contributed by atoms with van der Waals surface area (Å²) in [6.07, 6.45) is 9.34. The molecule has 8 heteroatoms. The van der Waals surface area contributed by atoms with E-state index in [0.29, 0.717) is 19.3 Å². The number of rotatable bonds is 17. The third kappa shape index (κ3) is 12.9. The second-order valence-corrected chi connectivity index (χ2v) is 8.96. The Morgan fingerprint density at radius 2 is 1.76 bits per heavy atom.